The van der Waals surface area contributed by atoms with Gasteiger partial charge in [-0.3, -0.25) is 0 Å². The van der Waals surface area contributed by atoms with E-state index in [-0.39, 0.29) is 0 Å². The standard InChI is InChI=1S/C17H26N2O/c1-16(2)13-7-8-17(3,9-13)15(16)19-11-12-5-6-14(20-4)18-10-12/h5-6,10,13,15,19H,7-9,11H2,1-4H3/t13-,15?,17+/m0/s1. The van der Waals surface area contributed by atoms with Crippen LogP contribution in [0, 0.1) is 16.7 Å². The maximum Gasteiger partial charge on any atom is 0.212 e. The van der Waals surface area contributed by atoms with E-state index >= 15 is 0 Å². The first-order valence-electron chi connectivity index (χ1n) is 7.68. The van der Waals surface area contributed by atoms with E-state index in [1.165, 1.54) is 24.8 Å². The Morgan fingerprint density at radius 2 is 2.15 bits per heavy atom. The molecule has 1 aromatic rings. The van der Waals surface area contributed by atoms with Gasteiger partial charge in [0.15, 0.2) is 0 Å². The van der Waals surface area contributed by atoms with Gasteiger partial charge in [0, 0.05) is 24.8 Å². The zero-order valence-electron chi connectivity index (χ0n) is 13.1. The fourth-order valence-corrected chi connectivity index (χ4v) is 4.67. The summed E-state index contributed by atoms with van der Waals surface area (Å²) < 4.78 is 5.10. The van der Waals surface area contributed by atoms with Gasteiger partial charge < -0.3 is 10.1 Å². The van der Waals surface area contributed by atoms with E-state index in [2.05, 4.69) is 37.1 Å². The monoisotopic (exact) mass is 274 g/mol. The Kier molecular flexibility index (Phi) is 3.28. The van der Waals surface area contributed by atoms with Gasteiger partial charge >= 0.3 is 0 Å². The molecule has 20 heavy (non-hydrogen) atoms. The number of ether oxygens (including phenoxy) is 1. The molecule has 0 spiro atoms. The average molecular weight is 274 g/mol. The quantitative estimate of drug-likeness (QED) is 0.914. The van der Waals surface area contributed by atoms with E-state index in [1.807, 2.05) is 12.3 Å². The molecule has 0 radical (unpaired) electrons. The molecular formula is C17H26N2O. The van der Waals surface area contributed by atoms with Crippen molar-refractivity contribution in [1.29, 1.82) is 0 Å². The van der Waals surface area contributed by atoms with Crippen molar-refractivity contribution >= 4 is 0 Å². The van der Waals surface area contributed by atoms with E-state index in [0.29, 0.717) is 22.8 Å². The second-order valence-corrected chi connectivity index (χ2v) is 7.44. The Bertz CT molecular complexity index is 478. The second-order valence-electron chi connectivity index (χ2n) is 7.44. The van der Waals surface area contributed by atoms with Crippen LogP contribution in [0.4, 0.5) is 0 Å². The number of nitrogens with one attached hydrogen (secondary N) is 1. The minimum atomic E-state index is 0.410. The lowest BCUT2D eigenvalue weighted by Gasteiger charge is -2.43. The normalized spacial score (nSPS) is 34.4. The molecule has 2 bridgehead atoms. The predicted octanol–water partition coefficient (Wildman–Crippen LogP) is 3.39. The highest BCUT2D eigenvalue weighted by molar-refractivity contribution is 5.19. The maximum absolute atomic E-state index is 5.10. The molecule has 1 heterocycles. The van der Waals surface area contributed by atoms with E-state index in [1.54, 1.807) is 7.11 Å². The summed E-state index contributed by atoms with van der Waals surface area (Å²) >= 11 is 0. The summed E-state index contributed by atoms with van der Waals surface area (Å²) in [6.07, 6.45) is 6.08. The number of fused-ring (bicyclic) bond motifs is 2. The minimum absolute atomic E-state index is 0.410. The minimum Gasteiger partial charge on any atom is -0.481 e. The summed E-state index contributed by atoms with van der Waals surface area (Å²) in [5.41, 5.74) is 2.12. The van der Waals surface area contributed by atoms with Crippen LogP contribution in [0.2, 0.25) is 0 Å². The molecule has 3 rings (SSSR count). The van der Waals surface area contributed by atoms with Crippen LogP contribution in [0.3, 0.4) is 0 Å². The van der Waals surface area contributed by atoms with E-state index in [9.17, 15) is 0 Å². The molecule has 0 saturated heterocycles. The lowest BCUT2D eigenvalue weighted by atomic mass is 9.68. The van der Waals surface area contributed by atoms with Crippen molar-refractivity contribution < 1.29 is 4.74 Å². The van der Waals surface area contributed by atoms with Gasteiger partial charge in [0.25, 0.3) is 0 Å². The molecule has 2 aliphatic carbocycles. The Morgan fingerprint density at radius 1 is 1.35 bits per heavy atom. The SMILES string of the molecule is COc1ccc(CNC2C(C)(C)[C@H]3CC[C@]2(C)C3)cn1. The Labute approximate surface area is 122 Å². The summed E-state index contributed by atoms with van der Waals surface area (Å²) in [6, 6.07) is 4.64. The zero-order valence-corrected chi connectivity index (χ0v) is 13.1. The molecule has 3 nitrogen and oxygen atoms in total. The molecule has 1 aromatic heterocycles. The molecule has 2 aliphatic rings. The van der Waals surface area contributed by atoms with E-state index < -0.39 is 0 Å². The molecule has 2 fully saturated rings. The third-order valence-corrected chi connectivity index (χ3v) is 5.79. The zero-order chi connectivity index (χ0) is 14.4. The first-order chi connectivity index (χ1) is 9.45. The van der Waals surface area contributed by atoms with Crippen LogP contribution in [-0.2, 0) is 6.54 Å². The third-order valence-electron chi connectivity index (χ3n) is 5.79. The van der Waals surface area contributed by atoms with Gasteiger partial charge in [0.2, 0.25) is 5.88 Å². The van der Waals surface area contributed by atoms with Crippen LogP contribution >= 0.6 is 0 Å². The lowest BCUT2D eigenvalue weighted by Crippen LogP contribution is -2.49. The fraction of sp³-hybridized carbons (Fsp3) is 0.706. The van der Waals surface area contributed by atoms with Gasteiger partial charge in [0.1, 0.15) is 0 Å². The number of pyridine rings is 1. The summed E-state index contributed by atoms with van der Waals surface area (Å²) in [4.78, 5) is 4.28. The van der Waals surface area contributed by atoms with Crippen molar-refractivity contribution in [2.24, 2.45) is 16.7 Å². The topological polar surface area (TPSA) is 34.1 Å². The van der Waals surface area contributed by atoms with Crippen LogP contribution < -0.4 is 10.1 Å². The highest BCUT2D eigenvalue weighted by atomic mass is 16.5. The lowest BCUT2D eigenvalue weighted by molar-refractivity contribution is 0.108. The molecule has 0 aliphatic heterocycles. The highest BCUT2D eigenvalue weighted by Gasteiger charge is 2.58. The fourth-order valence-electron chi connectivity index (χ4n) is 4.67. The number of hydrogen-bond acceptors (Lipinski definition) is 3. The van der Waals surface area contributed by atoms with E-state index in [0.717, 1.165) is 12.5 Å². The largest absolute Gasteiger partial charge is 0.481 e. The summed E-state index contributed by atoms with van der Waals surface area (Å²) in [5.74, 6) is 1.57. The molecule has 1 N–H and O–H groups in total. The Hall–Kier alpha value is -1.09. The number of methoxy groups -OCH3 is 1. The summed E-state index contributed by atoms with van der Waals surface area (Å²) in [5, 5.41) is 3.82. The second kappa shape index (κ2) is 4.73. The molecule has 3 atom stereocenters. The smallest absolute Gasteiger partial charge is 0.212 e. The van der Waals surface area contributed by atoms with Gasteiger partial charge in [0.05, 0.1) is 7.11 Å². The first kappa shape index (κ1) is 13.9. The third kappa shape index (κ3) is 2.12. The predicted molar refractivity (Wildman–Crippen MR) is 80.6 cm³/mol. The first-order valence-corrected chi connectivity index (χ1v) is 7.68. The average Bonchev–Trinajstić information content (AvgIpc) is 2.90. The summed E-state index contributed by atoms with van der Waals surface area (Å²) in [7, 11) is 1.65. The van der Waals surface area contributed by atoms with Gasteiger partial charge in [-0.2, -0.15) is 0 Å². The highest BCUT2D eigenvalue weighted by Crippen LogP contribution is 2.62. The van der Waals surface area contributed by atoms with Crippen molar-refractivity contribution in [3.8, 4) is 5.88 Å². The van der Waals surface area contributed by atoms with Crippen LogP contribution in [0.15, 0.2) is 18.3 Å². The van der Waals surface area contributed by atoms with Gasteiger partial charge in [-0.25, -0.2) is 4.98 Å². The maximum atomic E-state index is 5.10. The molecular weight excluding hydrogens is 248 g/mol. The molecule has 0 aromatic carbocycles. The van der Waals surface area contributed by atoms with Crippen molar-refractivity contribution in [1.82, 2.24) is 10.3 Å². The van der Waals surface area contributed by atoms with E-state index in [4.69, 9.17) is 4.74 Å². The van der Waals surface area contributed by atoms with Crippen LogP contribution in [0.5, 0.6) is 5.88 Å². The Morgan fingerprint density at radius 3 is 2.70 bits per heavy atom. The molecule has 0 amide bonds. The molecule has 3 heteroatoms. The van der Waals surface area contributed by atoms with Gasteiger partial charge in [-0.1, -0.05) is 26.8 Å². The number of nitrogens with zero attached hydrogens (tertiary/aromatic N) is 1. The van der Waals surface area contributed by atoms with Crippen LogP contribution in [-0.4, -0.2) is 18.1 Å². The van der Waals surface area contributed by atoms with Crippen molar-refractivity contribution in [2.45, 2.75) is 52.6 Å². The van der Waals surface area contributed by atoms with Crippen LogP contribution in [0.1, 0.15) is 45.6 Å². The van der Waals surface area contributed by atoms with Gasteiger partial charge in [-0.15, -0.1) is 0 Å². The van der Waals surface area contributed by atoms with Crippen molar-refractivity contribution in [3.05, 3.63) is 23.9 Å². The Balaban J connectivity index is 1.68. The van der Waals surface area contributed by atoms with Gasteiger partial charge in [-0.05, 0) is 41.6 Å². The van der Waals surface area contributed by atoms with Crippen LogP contribution in [0.25, 0.3) is 0 Å². The van der Waals surface area contributed by atoms with Crippen molar-refractivity contribution in [3.63, 3.8) is 0 Å². The number of aromatic nitrogens is 1. The number of hydrogen-bond donors (Lipinski definition) is 1. The summed E-state index contributed by atoms with van der Waals surface area (Å²) in [6.45, 7) is 8.23. The molecule has 110 valence electrons. The molecule has 1 unspecified atom stereocenters. The molecule has 2 saturated carbocycles. The van der Waals surface area contributed by atoms with Crippen molar-refractivity contribution in [2.75, 3.05) is 7.11 Å². The number of rotatable bonds is 4.